The highest BCUT2D eigenvalue weighted by Crippen LogP contribution is 2.30. The van der Waals surface area contributed by atoms with Crippen LogP contribution in [0.25, 0.3) is 0 Å². The molecule has 0 aromatic heterocycles. The molecule has 0 saturated heterocycles. The Kier molecular flexibility index (Phi) is 14.1. The predicted octanol–water partition coefficient (Wildman–Crippen LogP) is 7.39. The molecule has 1 fully saturated rings. The molecule has 1 atom stereocenters. The lowest BCUT2D eigenvalue weighted by Crippen LogP contribution is -2.29. The topological polar surface area (TPSA) is 63.6 Å². The third-order valence-corrected chi connectivity index (χ3v) is 6.56. The van der Waals surface area contributed by atoms with Crippen LogP contribution in [0.15, 0.2) is 0 Å². The summed E-state index contributed by atoms with van der Waals surface area (Å²) >= 11 is 0. The maximum Gasteiger partial charge on any atom is 0.309 e. The molecule has 0 radical (unpaired) electrons. The summed E-state index contributed by atoms with van der Waals surface area (Å²) < 4.78 is 5.95. The number of carbonyl (C=O) groups is 2. The number of hydrogen-bond acceptors (Lipinski definition) is 3. The molecule has 1 N–H and O–H groups in total. The van der Waals surface area contributed by atoms with Gasteiger partial charge in [0, 0.05) is 0 Å². The smallest absolute Gasteiger partial charge is 0.309 e. The average molecular weight is 425 g/mol. The summed E-state index contributed by atoms with van der Waals surface area (Å²) in [6.07, 6.45) is 15.7. The first-order valence-electron chi connectivity index (χ1n) is 12.7. The van der Waals surface area contributed by atoms with E-state index in [0.717, 1.165) is 31.6 Å². The molecule has 1 unspecified atom stereocenters. The summed E-state index contributed by atoms with van der Waals surface area (Å²) in [5.41, 5.74) is 0. The normalized spacial score (nSPS) is 20.5. The van der Waals surface area contributed by atoms with Crippen molar-refractivity contribution < 1.29 is 19.4 Å². The quantitative estimate of drug-likeness (QED) is 0.207. The molecule has 0 spiro atoms. The number of carboxylic acid groups (broad SMARTS) is 1. The van der Waals surface area contributed by atoms with E-state index in [1.807, 2.05) is 0 Å². The van der Waals surface area contributed by atoms with Crippen LogP contribution in [0.1, 0.15) is 124 Å². The van der Waals surface area contributed by atoms with Crippen LogP contribution in [0.5, 0.6) is 0 Å². The molecule has 0 aromatic rings. The second-order valence-electron chi connectivity index (χ2n) is 10.4. The highest BCUT2D eigenvalue weighted by molar-refractivity contribution is 5.74. The van der Waals surface area contributed by atoms with E-state index >= 15 is 0 Å². The second-order valence-corrected chi connectivity index (χ2v) is 10.4. The van der Waals surface area contributed by atoms with E-state index in [2.05, 4.69) is 27.7 Å². The third-order valence-electron chi connectivity index (χ3n) is 6.56. The first-order valence-corrected chi connectivity index (χ1v) is 12.7. The van der Waals surface area contributed by atoms with E-state index in [0.29, 0.717) is 31.6 Å². The number of ether oxygens (including phenoxy) is 1. The maximum atomic E-state index is 12.7. The molecule has 1 saturated carbocycles. The van der Waals surface area contributed by atoms with E-state index in [1.165, 1.54) is 44.9 Å². The lowest BCUT2D eigenvalue weighted by Gasteiger charge is -2.27. The molecule has 0 aliphatic heterocycles. The van der Waals surface area contributed by atoms with Gasteiger partial charge in [-0.25, -0.2) is 0 Å². The molecule has 176 valence electrons. The van der Waals surface area contributed by atoms with Gasteiger partial charge < -0.3 is 9.84 Å². The highest BCUT2D eigenvalue weighted by atomic mass is 16.5. The van der Waals surface area contributed by atoms with Gasteiger partial charge in [-0.2, -0.15) is 0 Å². The minimum atomic E-state index is -0.724. The van der Waals surface area contributed by atoms with E-state index in [4.69, 9.17) is 9.84 Å². The molecular formula is C26H48O4. The van der Waals surface area contributed by atoms with Crippen molar-refractivity contribution >= 4 is 11.9 Å². The highest BCUT2D eigenvalue weighted by Gasteiger charge is 2.31. The van der Waals surface area contributed by atoms with Crippen LogP contribution in [0.2, 0.25) is 0 Å². The molecule has 4 nitrogen and oxygen atoms in total. The molecule has 1 rings (SSSR count). The number of carboxylic acids is 1. The maximum absolute atomic E-state index is 12.7. The number of esters is 1. The first kappa shape index (κ1) is 27.0. The van der Waals surface area contributed by atoms with E-state index < -0.39 is 5.97 Å². The second kappa shape index (κ2) is 15.7. The molecule has 0 aromatic carbocycles. The zero-order valence-corrected chi connectivity index (χ0v) is 20.2. The molecule has 30 heavy (non-hydrogen) atoms. The first-order chi connectivity index (χ1) is 14.3. The van der Waals surface area contributed by atoms with Gasteiger partial charge in [0.15, 0.2) is 0 Å². The number of rotatable bonds is 16. The van der Waals surface area contributed by atoms with Crippen molar-refractivity contribution in [1.29, 1.82) is 0 Å². The van der Waals surface area contributed by atoms with Gasteiger partial charge in [0.1, 0.15) is 6.10 Å². The van der Waals surface area contributed by atoms with Crippen molar-refractivity contribution in [2.75, 3.05) is 0 Å². The van der Waals surface area contributed by atoms with Gasteiger partial charge >= 0.3 is 11.9 Å². The van der Waals surface area contributed by atoms with Gasteiger partial charge in [0.05, 0.1) is 11.8 Å². The van der Waals surface area contributed by atoms with E-state index in [1.54, 1.807) is 0 Å². The fourth-order valence-corrected chi connectivity index (χ4v) is 4.48. The van der Waals surface area contributed by atoms with Crippen LogP contribution in [0.4, 0.5) is 0 Å². The Hall–Kier alpha value is -1.06. The third kappa shape index (κ3) is 12.6. The standard InChI is InChI=1S/C26H48O4/c1-20(2)12-9-7-5-6-8-10-14-24(15-11-13-21(3)4)30-26(29)23-18-16-22(17-19-23)25(27)28/h20-24H,5-19H2,1-4H3,(H,27,28). The summed E-state index contributed by atoms with van der Waals surface area (Å²) in [6, 6.07) is 0. The van der Waals surface area contributed by atoms with Crippen LogP contribution in [-0.4, -0.2) is 23.1 Å². The van der Waals surface area contributed by atoms with E-state index in [-0.39, 0.29) is 23.9 Å². The molecular weight excluding hydrogens is 376 g/mol. The summed E-state index contributed by atoms with van der Waals surface area (Å²) in [7, 11) is 0. The minimum absolute atomic E-state index is 0.0365. The van der Waals surface area contributed by atoms with Crippen molar-refractivity contribution in [3.8, 4) is 0 Å². The predicted molar refractivity (Wildman–Crippen MR) is 123 cm³/mol. The lowest BCUT2D eigenvalue weighted by molar-refractivity contribution is -0.158. The Morgan fingerprint density at radius 2 is 1.13 bits per heavy atom. The Morgan fingerprint density at radius 3 is 1.67 bits per heavy atom. The van der Waals surface area contributed by atoms with Crippen molar-refractivity contribution in [2.45, 2.75) is 130 Å². The van der Waals surface area contributed by atoms with Crippen LogP contribution in [0.3, 0.4) is 0 Å². The largest absolute Gasteiger partial charge is 0.481 e. The molecule has 1 aliphatic carbocycles. The molecule has 0 heterocycles. The van der Waals surface area contributed by atoms with E-state index in [9.17, 15) is 9.59 Å². The van der Waals surface area contributed by atoms with Crippen molar-refractivity contribution in [3.05, 3.63) is 0 Å². The van der Waals surface area contributed by atoms with Crippen molar-refractivity contribution in [1.82, 2.24) is 0 Å². The number of unbranched alkanes of at least 4 members (excludes halogenated alkanes) is 5. The zero-order valence-electron chi connectivity index (χ0n) is 20.2. The van der Waals surface area contributed by atoms with Gasteiger partial charge in [0.2, 0.25) is 0 Å². The number of aliphatic carboxylic acids is 1. The van der Waals surface area contributed by atoms with Crippen LogP contribution < -0.4 is 0 Å². The fourth-order valence-electron chi connectivity index (χ4n) is 4.48. The van der Waals surface area contributed by atoms with Gasteiger partial charge in [-0.1, -0.05) is 72.6 Å². The van der Waals surface area contributed by atoms with Gasteiger partial charge in [0.25, 0.3) is 0 Å². The Balaban J connectivity index is 2.32. The van der Waals surface area contributed by atoms with Gasteiger partial charge in [-0.05, 0) is 63.2 Å². The Morgan fingerprint density at radius 1 is 0.700 bits per heavy atom. The van der Waals surface area contributed by atoms with Crippen LogP contribution >= 0.6 is 0 Å². The fraction of sp³-hybridized carbons (Fsp3) is 0.923. The summed E-state index contributed by atoms with van der Waals surface area (Å²) in [5, 5.41) is 9.15. The Labute approximate surface area is 185 Å². The number of carbonyl (C=O) groups excluding carboxylic acids is 1. The SMILES string of the molecule is CC(C)CCCCCCCCC(CCCC(C)C)OC(=O)C1CCC(C(=O)O)CC1. The van der Waals surface area contributed by atoms with Gasteiger partial charge in [-0.15, -0.1) is 0 Å². The van der Waals surface area contributed by atoms with Crippen LogP contribution in [0, 0.1) is 23.7 Å². The molecule has 1 aliphatic rings. The summed E-state index contributed by atoms with van der Waals surface area (Å²) in [6.45, 7) is 9.06. The van der Waals surface area contributed by atoms with Crippen molar-refractivity contribution in [3.63, 3.8) is 0 Å². The summed E-state index contributed by atoms with van der Waals surface area (Å²) in [4.78, 5) is 23.8. The molecule has 4 heteroatoms. The van der Waals surface area contributed by atoms with Crippen LogP contribution in [-0.2, 0) is 14.3 Å². The minimum Gasteiger partial charge on any atom is -0.481 e. The molecule has 0 amide bonds. The lowest BCUT2D eigenvalue weighted by atomic mass is 9.82. The average Bonchev–Trinajstić information content (AvgIpc) is 2.69. The summed E-state index contributed by atoms with van der Waals surface area (Å²) in [5.74, 6) is 0.300. The zero-order chi connectivity index (χ0) is 22.4. The monoisotopic (exact) mass is 424 g/mol. The van der Waals surface area contributed by atoms with Crippen molar-refractivity contribution in [2.24, 2.45) is 23.7 Å². The molecule has 0 bridgehead atoms. The Bertz CT molecular complexity index is 464. The van der Waals surface area contributed by atoms with Gasteiger partial charge in [-0.3, -0.25) is 9.59 Å². The number of hydrogen-bond donors (Lipinski definition) is 1.